The number of hydrogen-bond acceptors (Lipinski definition) is 2. The van der Waals surface area contributed by atoms with Gasteiger partial charge in [-0.05, 0) is 17.7 Å². The van der Waals surface area contributed by atoms with E-state index in [4.69, 9.17) is 0 Å². The zero-order chi connectivity index (χ0) is 11.6. The van der Waals surface area contributed by atoms with E-state index >= 15 is 0 Å². The van der Waals surface area contributed by atoms with Gasteiger partial charge in [-0.1, -0.05) is 26.0 Å². The summed E-state index contributed by atoms with van der Waals surface area (Å²) in [5, 5.41) is 9.35. The monoisotopic (exact) mass is 216 g/mol. The molecule has 84 valence electrons. The highest BCUT2D eigenvalue weighted by Gasteiger charge is 2.19. The molecule has 1 heterocycles. The van der Waals surface area contributed by atoms with Crippen molar-refractivity contribution in [3.8, 4) is 5.69 Å². The average Bonchev–Trinajstić information content (AvgIpc) is 2.83. The first-order chi connectivity index (χ1) is 7.63. The van der Waals surface area contributed by atoms with E-state index in [-0.39, 0.29) is 12.0 Å². The molecule has 2 aromatic rings. The smallest absolute Gasteiger partial charge is 0.0991 e. The van der Waals surface area contributed by atoms with Gasteiger partial charge in [-0.2, -0.15) is 0 Å². The Kier molecular flexibility index (Phi) is 2.79. The maximum atomic E-state index is 9.35. The third-order valence-electron chi connectivity index (χ3n) is 2.83. The van der Waals surface area contributed by atoms with Gasteiger partial charge in [-0.3, -0.25) is 0 Å². The lowest BCUT2D eigenvalue weighted by Crippen LogP contribution is -2.22. The number of nitrogens with zero attached hydrogens (tertiary/aromatic N) is 2. The fourth-order valence-corrected chi connectivity index (χ4v) is 1.59. The van der Waals surface area contributed by atoms with Gasteiger partial charge in [0.2, 0.25) is 0 Å². The highest BCUT2D eigenvalue weighted by molar-refractivity contribution is 5.38. The van der Waals surface area contributed by atoms with E-state index in [1.807, 2.05) is 42.8 Å². The molecule has 0 aliphatic rings. The van der Waals surface area contributed by atoms with Crippen molar-refractivity contribution >= 4 is 0 Å². The number of aliphatic hydroxyl groups is 1. The molecule has 1 aromatic heterocycles. The van der Waals surface area contributed by atoms with E-state index < -0.39 is 0 Å². The molecule has 1 aromatic carbocycles. The van der Waals surface area contributed by atoms with Gasteiger partial charge in [0.1, 0.15) is 0 Å². The zero-order valence-corrected chi connectivity index (χ0v) is 9.59. The van der Waals surface area contributed by atoms with Crippen molar-refractivity contribution in [2.24, 2.45) is 0 Å². The number of imidazole rings is 1. The molecule has 0 amide bonds. The zero-order valence-electron chi connectivity index (χ0n) is 9.59. The molecule has 0 atom stereocenters. The van der Waals surface area contributed by atoms with E-state index in [9.17, 15) is 5.11 Å². The van der Waals surface area contributed by atoms with Crippen molar-refractivity contribution in [1.29, 1.82) is 0 Å². The fourth-order valence-electron chi connectivity index (χ4n) is 1.59. The van der Waals surface area contributed by atoms with Crippen LogP contribution in [0.5, 0.6) is 0 Å². The largest absolute Gasteiger partial charge is 0.395 e. The van der Waals surface area contributed by atoms with Crippen molar-refractivity contribution in [2.75, 3.05) is 6.61 Å². The lowest BCUT2D eigenvalue weighted by Gasteiger charge is -2.22. The highest BCUT2D eigenvalue weighted by Crippen LogP contribution is 2.24. The van der Waals surface area contributed by atoms with Crippen LogP contribution < -0.4 is 0 Å². The first-order valence-corrected chi connectivity index (χ1v) is 5.33. The van der Waals surface area contributed by atoms with Crippen LogP contribution in [0, 0.1) is 0 Å². The first kappa shape index (κ1) is 10.9. The lowest BCUT2D eigenvalue weighted by atomic mass is 9.85. The summed E-state index contributed by atoms with van der Waals surface area (Å²) in [5.74, 6) is 0. The molecule has 0 aliphatic heterocycles. The van der Waals surface area contributed by atoms with Gasteiger partial charge in [-0.25, -0.2) is 4.98 Å². The molecule has 2 rings (SSSR count). The summed E-state index contributed by atoms with van der Waals surface area (Å²) < 4.78 is 1.96. The Labute approximate surface area is 95.4 Å². The van der Waals surface area contributed by atoms with Crippen LogP contribution in [-0.4, -0.2) is 21.3 Å². The van der Waals surface area contributed by atoms with Crippen molar-refractivity contribution < 1.29 is 5.11 Å². The van der Waals surface area contributed by atoms with E-state index in [1.54, 1.807) is 12.5 Å². The predicted octanol–water partition coefficient (Wildman–Crippen LogP) is 2.14. The summed E-state index contributed by atoms with van der Waals surface area (Å²) in [7, 11) is 0. The second-order valence-corrected chi connectivity index (χ2v) is 4.56. The number of hydrogen-bond donors (Lipinski definition) is 1. The van der Waals surface area contributed by atoms with Gasteiger partial charge >= 0.3 is 0 Å². The fraction of sp³-hybridized carbons (Fsp3) is 0.308. The molecule has 0 saturated carbocycles. The van der Waals surface area contributed by atoms with Gasteiger partial charge in [-0.15, -0.1) is 0 Å². The molecule has 0 spiro atoms. The summed E-state index contributed by atoms with van der Waals surface area (Å²) in [6, 6.07) is 8.15. The minimum absolute atomic E-state index is 0.139. The van der Waals surface area contributed by atoms with Gasteiger partial charge in [0.15, 0.2) is 0 Å². The van der Waals surface area contributed by atoms with Gasteiger partial charge in [0.25, 0.3) is 0 Å². The number of aromatic nitrogens is 2. The van der Waals surface area contributed by atoms with Gasteiger partial charge in [0.05, 0.1) is 12.9 Å². The number of rotatable bonds is 3. The molecule has 0 unspecified atom stereocenters. The van der Waals surface area contributed by atoms with E-state index in [1.165, 1.54) is 0 Å². The van der Waals surface area contributed by atoms with Crippen molar-refractivity contribution in [3.63, 3.8) is 0 Å². The normalized spacial score (nSPS) is 11.7. The second-order valence-electron chi connectivity index (χ2n) is 4.56. The van der Waals surface area contributed by atoms with Crippen LogP contribution in [0.2, 0.25) is 0 Å². The highest BCUT2D eigenvalue weighted by atomic mass is 16.3. The van der Waals surface area contributed by atoms with E-state index in [0.717, 1.165) is 11.3 Å². The van der Waals surface area contributed by atoms with Crippen molar-refractivity contribution in [2.45, 2.75) is 19.3 Å². The Hall–Kier alpha value is -1.61. The van der Waals surface area contributed by atoms with Crippen LogP contribution in [0.4, 0.5) is 0 Å². The predicted molar refractivity (Wildman–Crippen MR) is 63.7 cm³/mol. The molecule has 0 bridgehead atoms. The Morgan fingerprint density at radius 2 is 2.19 bits per heavy atom. The number of aliphatic hydroxyl groups excluding tert-OH is 1. The van der Waals surface area contributed by atoms with Crippen LogP contribution in [0.1, 0.15) is 19.4 Å². The number of benzene rings is 1. The Morgan fingerprint density at radius 3 is 2.81 bits per heavy atom. The molecule has 0 aliphatic carbocycles. The molecule has 3 nitrogen and oxygen atoms in total. The average molecular weight is 216 g/mol. The van der Waals surface area contributed by atoms with Crippen LogP contribution in [0.25, 0.3) is 5.69 Å². The molecule has 3 heteroatoms. The van der Waals surface area contributed by atoms with Crippen molar-refractivity contribution in [1.82, 2.24) is 9.55 Å². The molecule has 16 heavy (non-hydrogen) atoms. The quantitative estimate of drug-likeness (QED) is 0.853. The molecule has 0 saturated heterocycles. The van der Waals surface area contributed by atoms with Crippen LogP contribution >= 0.6 is 0 Å². The summed E-state index contributed by atoms with van der Waals surface area (Å²) in [4.78, 5) is 4.02. The SMILES string of the molecule is CC(C)(CO)c1cccc(-n2ccnc2)c1. The third kappa shape index (κ3) is 1.99. The first-order valence-electron chi connectivity index (χ1n) is 5.33. The van der Waals surface area contributed by atoms with Crippen LogP contribution in [0.15, 0.2) is 43.0 Å². The Morgan fingerprint density at radius 1 is 1.38 bits per heavy atom. The molecule has 1 N–H and O–H groups in total. The Balaban J connectivity index is 2.41. The van der Waals surface area contributed by atoms with Gasteiger partial charge < -0.3 is 9.67 Å². The summed E-state index contributed by atoms with van der Waals surface area (Å²) in [6.45, 7) is 4.19. The third-order valence-corrected chi connectivity index (χ3v) is 2.83. The standard InChI is InChI=1S/C13H16N2O/c1-13(2,9-16)11-4-3-5-12(8-11)15-7-6-14-10-15/h3-8,10,16H,9H2,1-2H3. The van der Waals surface area contributed by atoms with E-state index in [0.29, 0.717) is 0 Å². The topological polar surface area (TPSA) is 38.0 Å². The second kappa shape index (κ2) is 4.10. The van der Waals surface area contributed by atoms with Gasteiger partial charge in [0, 0.05) is 23.5 Å². The van der Waals surface area contributed by atoms with Crippen molar-refractivity contribution in [3.05, 3.63) is 48.5 Å². The van der Waals surface area contributed by atoms with E-state index in [2.05, 4.69) is 11.1 Å². The lowest BCUT2D eigenvalue weighted by molar-refractivity contribution is 0.218. The molecule has 0 fully saturated rings. The maximum Gasteiger partial charge on any atom is 0.0991 e. The van der Waals surface area contributed by atoms with Crippen LogP contribution in [-0.2, 0) is 5.41 Å². The molecular weight excluding hydrogens is 200 g/mol. The molecular formula is C13H16N2O. The van der Waals surface area contributed by atoms with Crippen LogP contribution in [0.3, 0.4) is 0 Å². The minimum Gasteiger partial charge on any atom is -0.395 e. The minimum atomic E-state index is -0.212. The molecule has 0 radical (unpaired) electrons. The Bertz CT molecular complexity index is 461. The summed E-state index contributed by atoms with van der Waals surface area (Å²) in [6.07, 6.45) is 5.43. The summed E-state index contributed by atoms with van der Waals surface area (Å²) >= 11 is 0. The summed E-state index contributed by atoms with van der Waals surface area (Å²) in [5.41, 5.74) is 1.98. The maximum absolute atomic E-state index is 9.35.